The number of ether oxygens (including phenoxy) is 1. The Balaban J connectivity index is 1.15. The number of carbonyl (C=O) groups excluding carboxylic acids is 2. The second kappa shape index (κ2) is 9.05. The molecule has 7 nitrogen and oxygen atoms in total. The SMILES string of the molecule is O=C(CCCC[C@H]1SC[C@@H]2NC(=O)N[C@H]21)Nc1ccc(N2CCOCC2)cc1. The molecule has 0 spiro atoms. The highest BCUT2D eigenvalue weighted by atomic mass is 32.2. The monoisotopic (exact) mass is 404 g/mol. The van der Waals surface area contributed by atoms with Gasteiger partial charge in [-0.1, -0.05) is 6.42 Å². The van der Waals surface area contributed by atoms with Crippen molar-refractivity contribution in [1.82, 2.24) is 10.6 Å². The van der Waals surface area contributed by atoms with E-state index in [-0.39, 0.29) is 24.0 Å². The summed E-state index contributed by atoms with van der Waals surface area (Å²) in [4.78, 5) is 25.9. The predicted molar refractivity (Wildman–Crippen MR) is 112 cm³/mol. The van der Waals surface area contributed by atoms with Crippen molar-refractivity contribution in [1.29, 1.82) is 0 Å². The smallest absolute Gasteiger partial charge is 0.315 e. The summed E-state index contributed by atoms with van der Waals surface area (Å²) >= 11 is 1.92. The number of hydrogen-bond acceptors (Lipinski definition) is 5. The van der Waals surface area contributed by atoms with Gasteiger partial charge in [-0.05, 0) is 37.1 Å². The number of fused-ring (bicyclic) bond motifs is 1. The number of morpholine rings is 1. The number of nitrogens with zero attached hydrogens (tertiary/aromatic N) is 1. The van der Waals surface area contributed by atoms with Crippen molar-refractivity contribution in [3.05, 3.63) is 24.3 Å². The third-order valence-corrected chi connectivity index (χ3v) is 7.12. The van der Waals surface area contributed by atoms with E-state index in [4.69, 9.17) is 4.74 Å². The Morgan fingerprint density at radius 1 is 1.18 bits per heavy atom. The highest BCUT2D eigenvalue weighted by molar-refractivity contribution is 8.00. The van der Waals surface area contributed by atoms with Crippen molar-refractivity contribution >= 4 is 35.1 Å². The van der Waals surface area contributed by atoms with Crippen LogP contribution in [0.2, 0.25) is 0 Å². The number of carbonyl (C=O) groups is 2. The van der Waals surface area contributed by atoms with Crippen LogP contribution in [0.15, 0.2) is 24.3 Å². The van der Waals surface area contributed by atoms with Crippen LogP contribution in [-0.2, 0) is 9.53 Å². The summed E-state index contributed by atoms with van der Waals surface area (Å²) in [5, 5.41) is 9.43. The number of nitrogens with one attached hydrogen (secondary N) is 3. The zero-order chi connectivity index (χ0) is 19.3. The van der Waals surface area contributed by atoms with Gasteiger partial charge in [-0.25, -0.2) is 4.79 Å². The first-order valence-electron chi connectivity index (χ1n) is 10.1. The second-order valence-electron chi connectivity index (χ2n) is 7.56. The average Bonchev–Trinajstić information content (AvgIpc) is 3.26. The first-order chi connectivity index (χ1) is 13.7. The Hall–Kier alpha value is -1.93. The van der Waals surface area contributed by atoms with E-state index in [1.54, 1.807) is 0 Å². The van der Waals surface area contributed by atoms with E-state index in [2.05, 4.69) is 33.0 Å². The largest absolute Gasteiger partial charge is 0.378 e. The number of unbranched alkanes of at least 4 members (excludes halogenated alkanes) is 1. The minimum Gasteiger partial charge on any atom is -0.378 e. The van der Waals surface area contributed by atoms with E-state index in [0.29, 0.717) is 11.7 Å². The van der Waals surface area contributed by atoms with Gasteiger partial charge in [0, 0.05) is 41.9 Å². The van der Waals surface area contributed by atoms with E-state index in [1.165, 1.54) is 5.69 Å². The molecule has 3 amide bonds. The molecule has 3 aliphatic heterocycles. The molecule has 0 aromatic heterocycles. The van der Waals surface area contributed by atoms with Crippen LogP contribution in [0.4, 0.5) is 16.2 Å². The highest BCUT2D eigenvalue weighted by Crippen LogP contribution is 2.33. The first-order valence-corrected chi connectivity index (χ1v) is 11.2. The van der Waals surface area contributed by atoms with Gasteiger partial charge < -0.3 is 25.6 Å². The van der Waals surface area contributed by atoms with Gasteiger partial charge in [0.2, 0.25) is 5.91 Å². The highest BCUT2D eigenvalue weighted by Gasteiger charge is 2.42. The molecule has 8 heteroatoms. The lowest BCUT2D eigenvalue weighted by atomic mass is 10.0. The summed E-state index contributed by atoms with van der Waals surface area (Å²) in [6, 6.07) is 8.51. The second-order valence-corrected chi connectivity index (χ2v) is 8.83. The number of benzene rings is 1. The van der Waals surface area contributed by atoms with Gasteiger partial charge in [0.15, 0.2) is 0 Å². The van der Waals surface area contributed by atoms with Gasteiger partial charge in [-0.15, -0.1) is 0 Å². The maximum absolute atomic E-state index is 12.2. The van der Waals surface area contributed by atoms with E-state index < -0.39 is 0 Å². The van der Waals surface area contributed by atoms with Gasteiger partial charge in [-0.3, -0.25) is 4.79 Å². The quantitative estimate of drug-likeness (QED) is 0.479. The summed E-state index contributed by atoms with van der Waals surface area (Å²) in [6.07, 6.45) is 3.43. The van der Waals surface area contributed by atoms with Gasteiger partial charge in [0.1, 0.15) is 0 Å². The molecule has 4 rings (SSSR count). The number of hydrogen-bond donors (Lipinski definition) is 3. The molecular formula is C20H28N4O3S. The van der Waals surface area contributed by atoms with Gasteiger partial charge >= 0.3 is 6.03 Å². The van der Waals surface area contributed by atoms with Crippen molar-refractivity contribution in [2.45, 2.75) is 43.0 Å². The van der Waals surface area contributed by atoms with Crippen molar-refractivity contribution in [2.75, 3.05) is 42.3 Å². The maximum atomic E-state index is 12.2. The zero-order valence-corrected chi connectivity index (χ0v) is 16.8. The van der Waals surface area contributed by atoms with Crippen molar-refractivity contribution in [2.24, 2.45) is 0 Å². The summed E-state index contributed by atoms with van der Waals surface area (Å²) in [5.41, 5.74) is 2.01. The van der Waals surface area contributed by atoms with Gasteiger partial charge in [-0.2, -0.15) is 11.8 Å². The van der Waals surface area contributed by atoms with Crippen LogP contribution in [-0.4, -0.2) is 61.3 Å². The third kappa shape index (κ3) is 4.72. The van der Waals surface area contributed by atoms with Crippen LogP contribution in [0.5, 0.6) is 0 Å². The molecular weight excluding hydrogens is 376 g/mol. The van der Waals surface area contributed by atoms with E-state index in [9.17, 15) is 9.59 Å². The summed E-state index contributed by atoms with van der Waals surface area (Å²) in [6.45, 7) is 3.35. The molecule has 0 unspecified atom stereocenters. The molecule has 0 bridgehead atoms. The van der Waals surface area contributed by atoms with Crippen LogP contribution in [0.25, 0.3) is 0 Å². The lowest BCUT2D eigenvalue weighted by Gasteiger charge is -2.28. The van der Waals surface area contributed by atoms with Crippen molar-refractivity contribution in [3.63, 3.8) is 0 Å². The lowest BCUT2D eigenvalue weighted by Crippen LogP contribution is -2.36. The number of thioether (sulfide) groups is 1. The van der Waals surface area contributed by atoms with Crippen molar-refractivity contribution in [3.8, 4) is 0 Å². The topological polar surface area (TPSA) is 82.7 Å². The normalized spacial score (nSPS) is 26.5. The molecule has 0 aliphatic carbocycles. The Kier molecular flexibility index (Phi) is 6.26. The van der Waals surface area contributed by atoms with Gasteiger partial charge in [0.05, 0.1) is 25.3 Å². The maximum Gasteiger partial charge on any atom is 0.315 e. The molecule has 3 aliphatic rings. The minimum atomic E-state index is -0.0423. The number of anilines is 2. The molecule has 3 N–H and O–H groups in total. The first kappa shape index (κ1) is 19.4. The fourth-order valence-electron chi connectivity index (χ4n) is 4.07. The molecule has 3 atom stereocenters. The minimum absolute atomic E-state index is 0.0423. The molecule has 3 fully saturated rings. The van der Waals surface area contributed by atoms with E-state index >= 15 is 0 Å². The standard InChI is InChI=1S/C20H28N4O3S/c25-18(4-2-1-3-17-19-16(13-28-17)22-20(26)23-19)21-14-5-7-15(8-6-14)24-9-11-27-12-10-24/h5-8,16-17,19H,1-4,9-13H2,(H,21,25)(H2,22,23,26)/t16-,17+,19+/m0/s1. The average molecular weight is 405 g/mol. The molecule has 0 saturated carbocycles. The Bertz CT molecular complexity index is 693. The molecule has 3 heterocycles. The molecule has 28 heavy (non-hydrogen) atoms. The molecule has 0 radical (unpaired) electrons. The summed E-state index contributed by atoms with van der Waals surface area (Å²) in [7, 11) is 0. The Morgan fingerprint density at radius 2 is 1.96 bits per heavy atom. The summed E-state index contributed by atoms with van der Waals surface area (Å²) in [5.74, 6) is 1.04. The van der Waals surface area contributed by atoms with Gasteiger partial charge in [0.25, 0.3) is 0 Å². The van der Waals surface area contributed by atoms with E-state index in [0.717, 1.165) is 57.0 Å². The van der Waals surface area contributed by atoms with Crippen LogP contribution in [0.1, 0.15) is 25.7 Å². The van der Waals surface area contributed by atoms with Crippen LogP contribution >= 0.6 is 11.8 Å². The molecule has 1 aromatic rings. The molecule has 1 aromatic carbocycles. The number of amides is 3. The number of rotatable bonds is 7. The van der Waals surface area contributed by atoms with Crippen molar-refractivity contribution < 1.29 is 14.3 Å². The Labute approximate surface area is 169 Å². The lowest BCUT2D eigenvalue weighted by molar-refractivity contribution is -0.116. The fourth-order valence-corrected chi connectivity index (χ4v) is 5.62. The van der Waals surface area contributed by atoms with Crippen LogP contribution < -0.4 is 20.9 Å². The predicted octanol–water partition coefficient (Wildman–Crippen LogP) is 2.19. The number of urea groups is 1. The van der Waals surface area contributed by atoms with Crippen LogP contribution in [0.3, 0.4) is 0 Å². The van der Waals surface area contributed by atoms with E-state index in [1.807, 2.05) is 23.9 Å². The third-order valence-electron chi connectivity index (χ3n) is 5.61. The van der Waals surface area contributed by atoms with Crippen LogP contribution in [0, 0.1) is 0 Å². The fraction of sp³-hybridized carbons (Fsp3) is 0.600. The molecule has 152 valence electrons. The molecule has 3 saturated heterocycles. The summed E-state index contributed by atoms with van der Waals surface area (Å²) < 4.78 is 5.38. The Morgan fingerprint density at radius 3 is 2.75 bits per heavy atom. The zero-order valence-electron chi connectivity index (χ0n) is 16.0.